The molecule has 56 heavy (non-hydrogen) atoms. The molecule has 0 aliphatic rings. The first-order valence-corrected chi connectivity index (χ1v) is 24.4. The van der Waals surface area contributed by atoms with Gasteiger partial charge in [-0.2, -0.15) is 11.8 Å². The van der Waals surface area contributed by atoms with Gasteiger partial charge in [0.1, 0.15) is 18.9 Å². The van der Waals surface area contributed by atoms with E-state index in [1.165, 1.54) is 88.8 Å². The number of amides is 1. The van der Waals surface area contributed by atoms with Crippen molar-refractivity contribution in [1.82, 2.24) is 5.32 Å². The predicted molar refractivity (Wildman–Crippen MR) is 223 cm³/mol. The number of ether oxygens (including phenoxy) is 6. The van der Waals surface area contributed by atoms with Crippen LogP contribution >= 0.6 is 19.4 Å². The fourth-order valence-corrected chi connectivity index (χ4v) is 6.81. The van der Waals surface area contributed by atoms with Crippen molar-refractivity contribution in [3.05, 3.63) is 0 Å². The van der Waals surface area contributed by atoms with Crippen molar-refractivity contribution in [2.24, 2.45) is 5.73 Å². The van der Waals surface area contributed by atoms with Crippen LogP contribution in [0.15, 0.2) is 0 Å². The largest absolute Gasteiger partial charge is 0.462 e. The highest BCUT2D eigenvalue weighted by Crippen LogP contribution is 2.33. The average Bonchev–Trinajstić information content (AvgIpc) is 3.16. The number of thioether (sulfide) groups is 1. The van der Waals surface area contributed by atoms with Gasteiger partial charge in [-0.05, 0) is 12.8 Å². The van der Waals surface area contributed by atoms with E-state index in [9.17, 15) is 18.9 Å². The van der Waals surface area contributed by atoms with E-state index < -0.39 is 19.9 Å². The predicted octanol–water partition coefficient (Wildman–Crippen LogP) is 7.05. The number of rotatable bonds is 43. The minimum atomic E-state index is -4.07. The Labute approximate surface area is 342 Å². The van der Waals surface area contributed by atoms with Gasteiger partial charge in [-0.15, -0.1) is 0 Å². The molecule has 16 heteroatoms. The van der Waals surface area contributed by atoms with Gasteiger partial charge in [0, 0.05) is 37.3 Å². The molecule has 5 N–H and O–H groups in total. The maximum absolute atomic E-state index is 12.7. The topological polar surface area (TPSA) is 202 Å². The van der Waals surface area contributed by atoms with Crippen molar-refractivity contribution in [3.63, 3.8) is 0 Å². The van der Waals surface area contributed by atoms with Crippen molar-refractivity contribution in [2.45, 2.75) is 161 Å². The summed E-state index contributed by atoms with van der Waals surface area (Å²) in [6, 6.07) is 0. The van der Waals surface area contributed by atoms with E-state index in [4.69, 9.17) is 43.9 Å². The maximum atomic E-state index is 12.7. The fraction of sp³-hybridized carbons (Fsp3) is 0.925. The normalized spacial score (nSPS) is 12.7. The molecule has 0 spiro atoms. The molecule has 0 radical (unpaired) electrons. The smallest absolute Gasteiger partial charge is 0.327 e. The molecule has 0 aliphatic heterocycles. The molecule has 0 bridgehead atoms. The Kier molecular flexibility index (Phi) is 39.6. The molecule has 1 unspecified atom stereocenters. The zero-order valence-corrected chi connectivity index (χ0v) is 36.6. The number of carbonyl (C=O) groups is 3. The summed E-state index contributed by atoms with van der Waals surface area (Å²) in [4.78, 5) is 55.0. The monoisotopic (exact) mass is 843 g/mol. The molecule has 1 amide bonds. The van der Waals surface area contributed by atoms with Gasteiger partial charge in [0.15, 0.2) is 0 Å². The van der Waals surface area contributed by atoms with Crippen LogP contribution < -0.4 is 11.1 Å². The summed E-state index contributed by atoms with van der Waals surface area (Å²) in [6.45, 7) is 6.15. The molecule has 0 saturated carbocycles. The number of esters is 2. The Balaban J connectivity index is 4.23. The SMILES string of the molecule is CCCCCCCCCCCC(=O)OC[C@H](CSCCC(=O)NCCOCCOCC(N)OCCOCCP(=O)(O)O)OC(=O)CCCCCCCCCCC. The van der Waals surface area contributed by atoms with Crippen molar-refractivity contribution >= 4 is 37.2 Å². The summed E-state index contributed by atoms with van der Waals surface area (Å²) in [5.41, 5.74) is 5.79. The summed E-state index contributed by atoms with van der Waals surface area (Å²) in [6.07, 6.45) is 20.5. The molecule has 0 fully saturated rings. The van der Waals surface area contributed by atoms with Gasteiger partial charge in [0.05, 0.1) is 52.4 Å². The van der Waals surface area contributed by atoms with Crippen molar-refractivity contribution in [2.75, 3.05) is 77.1 Å². The minimum Gasteiger partial charge on any atom is -0.462 e. The highest BCUT2D eigenvalue weighted by molar-refractivity contribution is 7.99. The number of hydrogen-bond acceptors (Lipinski definition) is 12. The first-order valence-electron chi connectivity index (χ1n) is 21.4. The Morgan fingerprint density at radius 3 is 1.75 bits per heavy atom. The number of nitrogens with two attached hydrogens (primary N) is 1. The van der Waals surface area contributed by atoms with E-state index >= 15 is 0 Å². The van der Waals surface area contributed by atoms with Gasteiger partial charge >= 0.3 is 19.5 Å². The second-order valence-electron chi connectivity index (χ2n) is 14.2. The van der Waals surface area contributed by atoms with Crippen LogP contribution in [0.1, 0.15) is 149 Å². The van der Waals surface area contributed by atoms with Gasteiger partial charge in [-0.3, -0.25) is 18.9 Å². The van der Waals surface area contributed by atoms with Crippen LogP contribution in [0.3, 0.4) is 0 Å². The lowest BCUT2D eigenvalue weighted by atomic mass is 10.1. The molecule has 332 valence electrons. The molecule has 0 aromatic rings. The van der Waals surface area contributed by atoms with Crippen molar-refractivity contribution in [3.8, 4) is 0 Å². The summed E-state index contributed by atoms with van der Waals surface area (Å²) in [5, 5.41) is 2.82. The Morgan fingerprint density at radius 2 is 1.16 bits per heavy atom. The van der Waals surface area contributed by atoms with Crippen LogP contribution in [0.4, 0.5) is 0 Å². The van der Waals surface area contributed by atoms with Crippen LogP contribution in [-0.4, -0.2) is 117 Å². The highest BCUT2D eigenvalue weighted by Gasteiger charge is 2.18. The third-order valence-corrected chi connectivity index (χ3v) is 10.6. The van der Waals surface area contributed by atoms with Gasteiger partial charge in [0.25, 0.3) is 0 Å². The summed E-state index contributed by atoms with van der Waals surface area (Å²) in [5.74, 6) is 0.321. The molecule has 0 saturated heterocycles. The van der Waals surface area contributed by atoms with E-state index in [-0.39, 0.29) is 63.5 Å². The second-order valence-corrected chi connectivity index (χ2v) is 17.2. The van der Waals surface area contributed by atoms with Crippen LogP contribution in [0, 0.1) is 0 Å². The van der Waals surface area contributed by atoms with Crippen molar-refractivity contribution < 1.29 is 57.2 Å². The molecular weight excluding hydrogens is 763 g/mol. The summed E-state index contributed by atoms with van der Waals surface area (Å²) >= 11 is 1.49. The molecule has 0 aliphatic carbocycles. The molecule has 0 rings (SSSR count). The lowest BCUT2D eigenvalue weighted by Crippen LogP contribution is -2.31. The zero-order valence-electron chi connectivity index (χ0n) is 34.9. The van der Waals surface area contributed by atoms with Gasteiger partial charge < -0.3 is 49.3 Å². The highest BCUT2D eigenvalue weighted by atomic mass is 32.2. The van der Waals surface area contributed by atoms with Crippen LogP contribution in [0.25, 0.3) is 0 Å². The van der Waals surface area contributed by atoms with Gasteiger partial charge in [-0.25, -0.2) is 0 Å². The molecule has 0 heterocycles. The molecule has 2 atom stereocenters. The van der Waals surface area contributed by atoms with Crippen molar-refractivity contribution in [1.29, 1.82) is 0 Å². The number of unbranched alkanes of at least 4 members (excludes halogenated alkanes) is 16. The number of carbonyl (C=O) groups excluding carboxylic acids is 3. The Hall–Kier alpha value is -1.29. The standard InChI is InChI=1S/C40H79N2O12PS/c1-3-5-7-9-11-13-15-17-19-21-39(44)53-33-36(54-40(45)22-20-18-16-14-12-10-8-6-4-2)35-56-32-23-38(43)42-24-25-49-26-27-51-34-37(41)52-29-28-50-30-31-55(46,47)48/h36-37H,3-35,41H2,1-2H3,(H,42,43)(H2,46,47,48)/t36-,37?/m1/s1. The minimum absolute atomic E-state index is 0.0257. The lowest BCUT2D eigenvalue weighted by molar-refractivity contribution is -0.157. The Morgan fingerprint density at radius 1 is 0.643 bits per heavy atom. The van der Waals surface area contributed by atoms with Gasteiger partial charge in [-0.1, -0.05) is 117 Å². The Bertz CT molecular complexity index is 978. The lowest BCUT2D eigenvalue weighted by Gasteiger charge is -2.18. The van der Waals surface area contributed by atoms with E-state index in [2.05, 4.69) is 19.2 Å². The third-order valence-electron chi connectivity index (χ3n) is 8.78. The zero-order chi connectivity index (χ0) is 41.4. The number of hydrogen-bond donors (Lipinski definition) is 4. The van der Waals surface area contributed by atoms with E-state index in [0.717, 1.165) is 38.5 Å². The molecule has 0 aromatic carbocycles. The van der Waals surface area contributed by atoms with Crippen LogP contribution in [0.5, 0.6) is 0 Å². The van der Waals surface area contributed by atoms with Gasteiger partial charge in [0.2, 0.25) is 5.91 Å². The molecule has 14 nitrogen and oxygen atoms in total. The maximum Gasteiger partial charge on any atom is 0.327 e. The quantitative estimate of drug-likeness (QED) is 0.0210. The van der Waals surface area contributed by atoms with E-state index in [0.29, 0.717) is 50.7 Å². The van der Waals surface area contributed by atoms with E-state index in [1.54, 1.807) is 0 Å². The first-order chi connectivity index (χ1) is 27.1. The molecule has 0 aromatic heterocycles. The second kappa shape index (κ2) is 40.5. The summed E-state index contributed by atoms with van der Waals surface area (Å²) < 4.78 is 43.3. The third kappa shape index (κ3) is 42.3. The number of nitrogens with one attached hydrogen (secondary N) is 1. The van der Waals surface area contributed by atoms with Crippen LogP contribution in [-0.2, 0) is 47.4 Å². The average molecular weight is 843 g/mol. The van der Waals surface area contributed by atoms with Crippen LogP contribution in [0.2, 0.25) is 0 Å². The summed E-state index contributed by atoms with van der Waals surface area (Å²) in [7, 11) is -4.07. The fourth-order valence-electron chi connectivity index (χ4n) is 5.52. The molecular formula is C40H79N2O12PS. The first kappa shape index (κ1) is 54.7. The van der Waals surface area contributed by atoms with E-state index in [1.807, 2.05) is 0 Å².